The Bertz CT molecular complexity index is 576. The van der Waals surface area contributed by atoms with Crippen molar-refractivity contribution < 1.29 is 0 Å². The van der Waals surface area contributed by atoms with Crippen LogP contribution in [-0.4, -0.2) is 4.98 Å². The van der Waals surface area contributed by atoms with E-state index in [-0.39, 0.29) is 11.1 Å². The minimum Gasteiger partial charge on any atom is -0.309 e. The number of nitrogens with zero attached hydrogens (tertiary/aromatic N) is 5. The van der Waals surface area contributed by atoms with E-state index in [1.54, 1.807) is 0 Å². The molecule has 0 saturated heterocycles. The van der Waals surface area contributed by atoms with E-state index in [2.05, 4.69) is 31.3 Å². The molecular formula is C15H13N5. The van der Waals surface area contributed by atoms with Crippen molar-refractivity contribution in [3.05, 3.63) is 68.3 Å². The molecule has 20 heavy (non-hydrogen) atoms. The number of rotatable bonds is 6. The molecule has 1 rings (SSSR count). The van der Waals surface area contributed by atoms with Crippen LogP contribution in [0, 0.1) is 22.7 Å². The lowest BCUT2D eigenvalue weighted by Crippen LogP contribution is -2.15. The van der Waals surface area contributed by atoms with Crippen LogP contribution in [-0.2, 0) is 0 Å². The molecule has 1 heterocycles. The molecule has 0 aromatic carbocycles. The standard InChI is InChI=1S/C15H13N5/c1-5-19(6-2)14-12(10-16)9-13(11-17)15(18-14)20(7-3)8-4/h5-9H,1-4H2. The maximum absolute atomic E-state index is 9.17. The van der Waals surface area contributed by atoms with Crippen LogP contribution < -0.4 is 9.80 Å². The average molecular weight is 263 g/mol. The quantitative estimate of drug-likeness (QED) is 0.789. The molecule has 0 atom stereocenters. The summed E-state index contributed by atoms with van der Waals surface area (Å²) in [5, 5.41) is 18.3. The molecule has 5 heteroatoms. The zero-order valence-electron chi connectivity index (χ0n) is 11.0. The second-order valence-electron chi connectivity index (χ2n) is 3.50. The van der Waals surface area contributed by atoms with Crippen LogP contribution in [0.1, 0.15) is 11.1 Å². The van der Waals surface area contributed by atoms with Crippen molar-refractivity contribution in [3.63, 3.8) is 0 Å². The van der Waals surface area contributed by atoms with Gasteiger partial charge in [0.2, 0.25) is 0 Å². The summed E-state index contributed by atoms with van der Waals surface area (Å²) in [6.45, 7) is 14.5. The average Bonchev–Trinajstić information content (AvgIpc) is 2.49. The normalized spacial score (nSPS) is 8.70. The maximum atomic E-state index is 9.17. The smallest absolute Gasteiger partial charge is 0.157 e. The fraction of sp³-hybridized carbons (Fsp3) is 0. The lowest BCUT2D eigenvalue weighted by Gasteiger charge is -2.20. The fourth-order valence-corrected chi connectivity index (χ4v) is 1.55. The second-order valence-corrected chi connectivity index (χ2v) is 3.50. The first-order valence-corrected chi connectivity index (χ1v) is 5.58. The third-order valence-electron chi connectivity index (χ3n) is 2.50. The summed E-state index contributed by atoms with van der Waals surface area (Å²) in [5.74, 6) is 0.667. The van der Waals surface area contributed by atoms with E-state index in [0.717, 1.165) is 0 Å². The first kappa shape index (κ1) is 14.7. The molecule has 0 saturated carbocycles. The Balaban J connectivity index is 3.66. The molecule has 0 fully saturated rings. The number of anilines is 2. The van der Waals surface area contributed by atoms with Gasteiger partial charge >= 0.3 is 0 Å². The molecular weight excluding hydrogens is 250 g/mol. The van der Waals surface area contributed by atoms with E-state index in [0.29, 0.717) is 11.6 Å². The van der Waals surface area contributed by atoms with E-state index >= 15 is 0 Å². The van der Waals surface area contributed by atoms with E-state index in [1.807, 2.05) is 12.1 Å². The lowest BCUT2D eigenvalue weighted by molar-refractivity contribution is 1.11. The Morgan fingerprint density at radius 3 is 1.45 bits per heavy atom. The van der Waals surface area contributed by atoms with Gasteiger partial charge in [-0.2, -0.15) is 10.5 Å². The van der Waals surface area contributed by atoms with Gasteiger partial charge in [0, 0.05) is 24.8 Å². The van der Waals surface area contributed by atoms with Crippen molar-refractivity contribution in [1.29, 1.82) is 10.5 Å². The summed E-state index contributed by atoms with van der Waals surface area (Å²) in [5.41, 5.74) is 0.497. The molecule has 98 valence electrons. The molecule has 5 nitrogen and oxygen atoms in total. The van der Waals surface area contributed by atoms with Gasteiger partial charge in [-0.25, -0.2) is 4.98 Å². The molecule has 0 radical (unpaired) electrons. The zero-order valence-corrected chi connectivity index (χ0v) is 11.0. The molecule has 1 aromatic rings. The monoisotopic (exact) mass is 263 g/mol. The van der Waals surface area contributed by atoms with Gasteiger partial charge in [0.15, 0.2) is 11.6 Å². The predicted molar refractivity (Wildman–Crippen MR) is 79.4 cm³/mol. The van der Waals surface area contributed by atoms with Crippen molar-refractivity contribution in [2.24, 2.45) is 0 Å². The molecule has 0 aliphatic carbocycles. The summed E-state index contributed by atoms with van der Waals surface area (Å²) in [6.07, 6.45) is 5.88. The van der Waals surface area contributed by atoms with Crippen molar-refractivity contribution in [3.8, 4) is 12.1 Å². The van der Waals surface area contributed by atoms with Gasteiger partial charge in [-0.1, -0.05) is 26.3 Å². The van der Waals surface area contributed by atoms with Crippen molar-refractivity contribution in [2.45, 2.75) is 0 Å². The van der Waals surface area contributed by atoms with Crippen LogP contribution in [0.5, 0.6) is 0 Å². The highest BCUT2D eigenvalue weighted by Crippen LogP contribution is 2.27. The Morgan fingerprint density at radius 1 is 0.850 bits per heavy atom. The third-order valence-corrected chi connectivity index (χ3v) is 2.50. The van der Waals surface area contributed by atoms with Gasteiger partial charge in [-0.05, 0) is 6.07 Å². The fourth-order valence-electron chi connectivity index (χ4n) is 1.55. The van der Waals surface area contributed by atoms with Crippen molar-refractivity contribution >= 4 is 11.6 Å². The molecule has 0 unspecified atom stereocenters. The number of aromatic nitrogens is 1. The lowest BCUT2D eigenvalue weighted by atomic mass is 10.1. The Hall–Kier alpha value is -3.31. The van der Waals surface area contributed by atoms with Crippen LogP contribution in [0.3, 0.4) is 0 Å². The number of nitriles is 2. The second kappa shape index (κ2) is 6.58. The number of pyridine rings is 1. The van der Waals surface area contributed by atoms with Crippen molar-refractivity contribution in [2.75, 3.05) is 9.80 Å². The number of hydrogen-bond donors (Lipinski definition) is 0. The number of hydrogen-bond acceptors (Lipinski definition) is 5. The molecule has 0 aliphatic rings. The summed E-state index contributed by atoms with van der Waals surface area (Å²) in [4.78, 5) is 7.31. The summed E-state index contributed by atoms with van der Waals surface area (Å²) >= 11 is 0. The van der Waals surface area contributed by atoms with E-state index < -0.39 is 0 Å². The van der Waals surface area contributed by atoms with Crippen LogP contribution in [0.25, 0.3) is 0 Å². The maximum Gasteiger partial charge on any atom is 0.157 e. The van der Waals surface area contributed by atoms with Gasteiger partial charge < -0.3 is 9.80 Å². The highest BCUT2D eigenvalue weighted by molar-refractivity contribution is 5.68. The van der Waals surface area contributed by atoms with Crippen LogP contribution in [0.2, 0.25) is 0 Å². The SMILES string of the molecule is C=CN(C=C)c1nc(N(C=C)C=C)c(C#N)cc1C#N. The van der Waals surface area contributed by atoms with Gasteiger partial charge in [0.1, 0.15) is 12.1 Å². The van der Waals surface area contributed by atoms with Gasteiger partial charge in [-0.15, -0.1) is 0 Å². The highest BCUT2D eigenvalue weighted by Gasteiger charge is 2.16. The first-order valence-electron chi connectivity index (χ1n) is 5.58. The summed E-state index contributed by atoms with van der Waals surface area (Å²) in [7, 11) is 0. The Labute approximate surface area is 118 Å². The van der Waals surface area contributed by atoms with E-state index in [9.17, 15) is 10.5 Å². The largest absolute Gasteiger partial charge is 0.309 e. The molecule has 0 spiro atoms. The summed E-state index contributed by atoms with van der Waals surface area (Å²) in [6, 6.07) is 5.46. The topological polar surface area (TPSA) is 67.0 Å². The zero-order chi connectivity index (χ0) is 15.1. The van der Waals surface area contributed by atoms with Crippen LogP contribution >= 0.6 is 0 Å². The highest BCUT2D eigenvalue weighted by atomic mass is 15.2. The van der Waals surface area contributed by atoms with Gasteiger partial charge in [-0.3, -0.25) is 0 Å². The molecule has 1 aromatic heterocycles. The van der Waals surface area contributed by atoms with Crippen LogP contribution in [0.15, 0.2) is 57.2 Å². The predicted octanol–water partition coefficient (Wildman–Crippen LogP) is 3.01. The molecule has 0 aliphatic heterocycles. The van der Waals surface area contributed by atoms with Crippen molar-refractivity contribution in [1.82, 2.24) is 4.98 Å². The van der Waals surface area contributed by atoms with Crippen LogP contribution in [0.4, 0.5) is 11.6 Å². The van der Waals surface area contributed by atoms with E-state index in [1.165, 1.54) is 40.7 Å². The Kier molecular flexibility index (Phi) is 4.85. The van der Waals surface area contributed by atoms with Gasteiger partial charge in [0.05, 0.1) is 11.1 Å². The van der Waals surface area contributed by atoms with Gasteiger partial charge in [0.25, 0.3) is 0 Å². The molecule has 0 amide bonds. The minimum absolute atomic E-state index is 0.248. The van der Waals surface area contributed by atoms with E-state index in [4.69, 9.17) is 0 Å². The molecule has 0 bridgehead atoms. The summed E-state index contributed by atoms with van der Waals surface area (Å²) < 4.78 is 0. The Morgan fingerprint density at radius 2 is 1.20 bits per heavy atom. The minimum atomic E-state index is 0.248. The molecule has 0 N–H and O–H groups in total. The third kappa shape index (κ3) is 2.58. The first-order chi connectivity index (χ1) is 9.66.